The van der Waals surface area contributed by atoms with E-state index in [4.69, 9.17) is 5.11 Å². The van der Waals surface area contributed by atoms with Gasteiger partial charge < -0.3 is 15.3 Å². The largest absolute Gasteiger partial charge is 0.481 e. The number of hydrogen-bond acceptors (Lipinski definition) is 2. The van der Waals surface area contributed by atoms with E-state index in [-0.39, 0.29) is 18.5 Å². The van der Waals surface area contributed by atoms with Gasteiger partial charge in [0, 0.05) is 26.1 Å². The van der Waals surface area contributed by atoms with Gasteiger partial charge in [-0.3, -0.25) is 4.79 Å². The van der Waals surface area contributed by atoms with Crippen LogP contribution in [0.25, 0.3) is 0 Å². The van der Waals surface area contributed by atoms with Gasteiger partial charge >= 0.3 is 12.0 Å². The Morgan fingerprint density at radius 2 is 1.84 bits per heavy atom. The van der Waals surface area contributed by atoms with Crippen LogP contribution in [0.1, 0.15) is 58.8 Å². The molecule has 0 fully saturated rings. The highest BCUT2D eigenvalue weighted by atomic mass is 16.4. The van der Waals surface area contributed by atoms with E-state index < -0.39 is 5.97 Å². The molecule has 0 aromatic rings. The fraction of sp³-hybridized carbons (Fsp3) is 0.857. The van der Waals surface area contributed by atoms with Crippen LogP contribution < -0.4 is 5.32 Å². The highest BCUT2D eigenvalue weighted by Crippen LogP contribution is 2.07. The number of unbranched alkanes of at least 4 members (excludes halogenated alkanes) is 1. The van der Waals surface area contributed by atoms with Crippen LogP contribution in [-0.2, 0) is 4.79 Å². The Kier molecular flexibility index (Phi) is 9.94. The zero-order chi connectivity index (χ0) is 14.7. The molecule has 0 aliphatic heterocycles. The Balaban J connectivity index is 4.03. The Bertz CT molecular complexity index is 269. The van der Waals surface area contributed by atoms with E-state index in [2.05, 4.69) is 19.2 Å². The molecule has 2 amide bonds. The first-order valence-corrected chi connectivity index (χ1v) is 7.24. The monoisotopic (exact) mass is 272 g/mol. The maximum atomic E-state index is 11.9. The van der Waals surface area contributed by atoms with E-state index in [9.17, 15) is 9.59 Å². The number of hydrogen-bond donors (Lipinski definition) is 2. The van der Waals surface area contributed by atoms with Crippen molar-refractivity contribution in [1.29, 1.82) is 0 Å². The lowest BCUT2D eigenvalue weighted by molar-refractivity contribution is -0.137. The molecule has 1 atom stereocenters. The summed E-state index contributed by atoms with van der Waals surface area (Å²) in [5.41, 5.74) is 0. The van der Waals surface area contributed by atoms with Crippen LogP contribution in [0.3, 0.4) is 0 Å². The molecule has 0 aromatic carbocycles. The average Bonchev–Trinajstić information content (AvgIpc) is 2.35. The summed E-state index contributed by atoms with van der Waals surface area (Å²) in [6.45, 7) is 4.73. The molecular formula is C14H28N2O3. The van der Waals surface area contributed by atoms with Crippen molar-refractivity contribution in [3.05, 3.63) is 0 Å². The Morgan fingerprint density at radius 3 is 2.37 bits per heavy atom. The van der Waals surface area contributed by atoms with Crippen LogP contribution in [0.5, 0.6) is 0 Å². The lowest BCUT2D eigenvalue weighted by Gasteiger charge is -2.23. The van der Waals surface area contributed by atoms with E-state index in [0.29, 0.717) is 13.0 Å². The van der Waals surface area contributed by atoms with Gasteiger partial charge in [0.2, 0.25) is 0 Å². The molecule has 0 heterocycles. The van der Waals surface area contributed by atoms with E-state index in [0.717, 1.165) is 32.1 Å². The predicted molar refractivity (Wildman–Crippen MR) is 76.3 cm³/mol. The summed E-state index contributed by atoms with van der Waals surface area (Å²) in [4.78, 5) is 23.9. The summed E-state index contributed by atoms with van der Waals surface area (Å²) in [5, 5.41) is 11.6. The molecule has 5 heteroatoms. The maximum Gasteiger partial charge on any atom is 0.317 e. The molecule has 19 heavy (non-hydrogen) atoms. The summed E-state index contributed by atoms with van der Waals surface area (Å²) >= 11 is 0. The smallest absolute Gasteiger partial charge is 0.317 e. The number of nitrogens with zero attached hydrogens (tertiary/aromatic N) is 1. The van der Waals surface area contributed by atoms with Crippen LogP contribution in [0.4, 0.5) is 4.79 Å². The molecule has 0 saturated carbocycles. The van der Waals surface area contributed by atoms with Crippen molar-refractivity contribution in [1.82, 2.24) is 10.2 Å². The lowest BCUT2D eigenvalue weighted by Crippen LogP contribution is -2.43. The van der Waals surface area contributed by atoms with Crippen molar-refractivity contribution < 1.29 is 14.7 Å². The van der Waals surface area contributed by atoms with E-state index in [1.165, 1.54) is 0 Å². The Morgan fingerprint density at radius 1 is 1.16 bits per heavy atom. The van der Waals surface area contributed by atoms with Gasteiger partial charge in [-0.05, 0) is 19.3 Å². The Labute approximate surface area is 116 Å². The minimum absolute atomic E-state index is 0.0973. The molecule has 0 rings (SSSR count). The predicted octanol–water partition coefficient (Wildman–Crippen LogP) is 2.85. The minimum Gasteiger partial charge on any atom is -0.481 e. The molecular weight excluding hydrogens is 244 g/mol. The molecule has 0 radical (unpaired) electrons. The highest BCUT2D eigenvalue weighted by Gasteiger charge is 2.14. The van der Waals surface area contributed by atoms with Gasteiger partial charge in [0.05, 0.1) is 0 Å². The number of urea groups is 1. The van der Waals surface area contributed by atoms with Crippen LogP contribution in [0.2, 0.25) is 0 Å². The normalized spacial score (nSPS) is 11.9. The van der Waals surface area contributed by atoms with Gasteiger partial charge in [-0.15, -0.1) is 0 Å². The summed E-state index contributed by atoms with van der Waals surface area (Å²) in [7, 11) is 1.71. The first kappa shape index (κ1) is 17.7. The number of amides is 2. The first-order chi connectivity index (χ1) is 9.01. The number of carbonyl (C=O) groups is 2. The fourth-order valence-corrected chi connectivity index (χ4v) is 1.94. The van der Waals surface area contributed by atoms with Gasteiger partial charge in [0.25, 0.3) is 0 Å². The van der Waals surface area contributed by atoms with Crippen molar-refractivity contribution in [2.24, 2.45) is 0 Å². The third-order valence-electron chi connectivity index (χ3n) is 3.10. The topological polar surface area (TPSA) is 69.6 Å². The molecule has 0 saturated heterocycles. The van der Waals surface area contributed by atoms with Gasteiger partial charge in [-0.1, -0.05) is 33.1 Å². The van der Waals surface area contributed by atoms with Gasteiger partial charge in [-0.25, -0.2) is 4.79 Å². The molecule has 0 aromatic heterocycles. The number of carboxylic acids is 1. The molecule has 0 bridgehead atoms. The zero-order valence-corrected chi connectivity index (χ0v) is 12.4. The lowest BCUT2D eigenvalue weighted by atomic mass is 10.1. The number of rotatable bonds is 10. The van der Waals surface area contributed by atoms with E-state index in [1.807, 2.05) is 0 Å². The van der Waals surface area contributed by atoms with Crippen LogP contribution >= 0.6 is 0 Å². The number of carbonyl (C=O) groups excluding carboxylic acids is 1. The second-order valence-electron chi connectivity index (χ2n) is 5.00. The number of carboxylic acid groups (broad SMARTS) is 1. The summed E-state index contributed by atoms with van der Waals surface area (Å²) < 4.78 is 0. The molecule has 0 aliphatic rings. The third-order valence-corrected chi connectivity index (χ3v) is 3.10. The number of aliphatic carboxylic acids is 1. The quantitative estimate of drug-likeness (QED) is 0.642. The minimum atomic E-state index is -0.819. The summed E-state index contributed by atoms with van der Waals surface area (Å²) in [6, 6.07) is 0.138. The van der Waals surface area contributed by atoms with Crippen molar-refractivity contribution in [2.45, 2.75) is 64.8 Å². The molecule has 2 N–H and O–H groups in total. The Hall–Kier alpha value is -1.26. The molecule has 112 valence electrons. The van der Waals surface area contributed by atoms with Crippen molar-refractivity contribution in [2.75, 3.05) is 13.6 Å². The maximum absolute atomic E-state index is 11.9. The average molecular weight is 272 g/mol. The third kappa shape index (κ3) is 9.33. The molecule has 0 spiro atoms. The van der Waals surface area contributed by atoms with Gasteiger partial charge in [0.1, 0.15) is 0 Å². The first-order valence-electron chi connectivity index (χ1n) is 7.24. The molecule has 1 unspecified atom stereocenters. The van der Waals surface area contributed by atoms with Crippen molar-refractivity contribution in [3.8, 4) is 0 Å². The van der Waals surface area contributed by atoms with Crippen molar-refractivity contribution in [3.63, 3.8) is 0 Å². The van der Waals surface area contributed by atoms with Gasteiger partial charge in [0.15, 0.2) is 0 Å². The molecule has 0 aliphatic carbocycles. The number of nitrogens with one attached hydrogen (secondary N) is 1. The highest BCUT2D eigenvalue weighted by molar-refractivity contribution is 5.74. The van der Waals surface area contributed by atoms with Crippen molar-refractivity contribution >= 4 is 12.0 Å². The molecule has 5 nitrogen and oxygen atoms in total. The summed E-state index contributed by atoms with van der Waals surface area (Å²) in [6.07, 6.45) is 5.90. The summed E-state index contributed by atoms with van der Waals surface area (Å²) in [5.74, 6) is -0.819. The SMILES string of the molecule is CCCCC(CCC)NC(=O)N(C)CCCC(=O)O. The van der Waals surface area contributed by atoms with Crippen LogP contribution in [0.15, 0.2) is 0 Å². The fourth-order valence-electron chi connectivity index (χ4n) is 1.94. The standard InChI is InChI=1S/C14H28N2O3/c1-4-6-9-12(8-5-2)15-14(19)16(3)11-7-10-13(17)18/h12H,4-11H2,1-3H3,(H,15,19)(H,17,18). The second-order valence-corrected chi connectivity index (χ2v) is 5.00. The van der Waals surface area contributed by atoms with Gasteiger partial charge in [-0.2, -0.15) is 0 Å². The van der Waals surface area contributed by atoms with Crippen LogP contribution in [0, 0.1) is 0 Å². The second kappa shape index (κ2) is 10.6. The zero-order valence-electron chi connectivity index (χ0n) is 12.4. The van der Waals surface area contributed by atoms with E-state index >= 15 is 0 Å². The van der Waals surface area contributed by atoms with E-state index in [1.54, 1.807) is 11.9 Å². The van der Waals surface area contributed by atoms with Crippen LogP contribution in [-0.4, -0.2) is 41.6 Å².